The Labute approximate surface area is 107 Å². The summed E-state index contributed by atoms with van der Waals surface area (Å²) in [7, 11) is 3.16. The number of hydrogen-bond donors (Lipinski definition) is 2. The van der Waals surface area contributed by atoms with Crippen LogP contribution in [0.2, 0.25) is 0 Å². The van der Waals surface area contributed by atoms with Gasteiger partial charge in [0.2, 0.25) is 5.91 Å². The van der Waals surface area contributed by atoms with Crippen molar-refractivity contribution in [1.29, 1.82) is 0 Å². The summed E-state index contributed by atoms with van der Waals surface area (Å²) in [5, 5.41) is 2.80. The molecule has 0 fully saturated rings. The normalized spacial score (nSPS) is 11.8. The molecule has 1 unspecified atom stereocenters. The number of carbonyl (C=O) groups is 1. The molecule has 18 heavy (non-hydrogen) atoms. The maximum atomic E-state index is 11.5. The molecular formula is C13H20N2O3. The number of ether oxygens (including phenoxy) is 2. The molecule has 0 aliphatic carbocycles. The molecule has 3 N–H and O–H groups in total. The van der Waals surface area contributed by atoms with Gasteiger partial charge < -0.3 is 20.5 Å². The van der Waals surface area contributed by atoms with E-state index in [0.717, 1.165) is 5.56 Å². The Morgan fingerprint density at radius 3 is 2.56 bits per heavy atom. The highest BCUT2D eigenvalue weighted by molar-refractivity contribution is 5.76. The Morgan fingerprint density at radius 2 is 2.00 bits per heavy atom. The molecule has 100 valence electrons. The van der Waals surface area contributed by atoms with Crippen LogP contribution in [-0.2, 0) is 11.3 Å². The van der Waals surface area contributed by atoms with Crippen LogP contribution in [0.4, 0.5) is 0 Å². The molecule has 0 spiro atoms. The highest BCUT2D eigenvalue weighted by atomic mass is 16.5. The smallest absolute Gasteiger partial charge is 0.221 e. The summed E-state index contributed by atoms with van der Waals surface area (Å²) in [5.74, 6) is 1.26. The molecule has 0 bridgehead atoms. The number of nitrogens with two attached hydrogens (primary N) is 1. The second kappa shape index (κ2) is 6.86. The molecule has 0 saturated heterocycles. The van der Waals surface area contributed by atoms with Crippen molar-refractivity contribution in [2.24, 2.45) is 5.73 Å². The fourth-order valence-electron chi connectivity index (χ4n) is 1.56. The van der Waals surface area contributed by atoms with Crippen LogP contribution in [0.1, 0.15) is 18.9 Å². The van der Waals surface area contributed by atoms with Crippen LogP contribution in [0.5, 0.6) is 11.5 Å². The monoisotopic (exact) mass is 252 g/mol. The van der Waals surface area contributed by atoms with Crippen LogP contribution in [0, 0.1) is 0 Å². The van der Waals surface area contributed by atoms with Crippen LogP contribution in [-0.4, -0.2) is 26.2 Å². The maximum absolute atomic E-state index is 11.5. The molecule has 0 aliphatic rings. The Kier molecular flexibility index (Phi) is 5.45. The summed E-state index contributed by atoms with van der Waals surface area (Å²) < 4.78 is 10.3. The molecule has 1 amide bonds. The summed E-state index contributed by atoms with van der Waals surface area (Å²) in [5.41, 5.74) is 6.50. The molecule has 0 radical (unpaired) electrons. The van der Waals surface area contributed by atoms with Gasteiger partial charge in [-0.3, -0.25) is 4.79 Å². The average Bonchev–Trinajstić information content (AvgIpc) is 2.35. The quantitative estimate of drug-likeness (QED) is 0.794. The summed E-state index contributed by atoms with van der Waals surface area (Å²) in [6.07, 6.45) is 0.327. The van der Waals surface area contributed by atoms with Gasteiger partial charge in [-0.25, -0.2) is 0 Å². The zero-order valence-electron chi connectivity index (χ0n) is 11.0. The number of rotatable bonds is 6. The minimum absolute atomic E-state index is 0.0558. The average molecular weight is 252 g/mol. The fraction of sp³-hybridized carbons (Fsp3) is 0.462. The Hall–Kier alpha value is -1.75. The summed E-state index contributed by atoms with van der Waals surface area (Å²) >= 11 is 0. The van der Waals surface area contributed by atoms with Crippen LogP contribution < -0.4 is 20.5 Å². The van der Waals surface area contributed by atoms with E-state index in [4.69, 9.17) is 15.2 Å². The Bertz CT molecular complexity index is 405. The van der Waals surface area contributed by atoms with Crippen LogP contribution in [0.15, 0.2) is 18.2 Å². The molecule has 1 aromatic rings. The first-order valence-electron chi connectivity index (χ1n) is 5.80. The van der Waals surface area contributed by atoms with Gasteiger partial charge in [-0.05, 0) is 24.6 Å². The van der Waals surface area contributed by atoms with E-state index in [0.29, 0.717) is 24.5 Å². The van der Waals surface area contributed by atoms with Crippen molar-refractivity contribution in [3.63, 3.8) is 0 Å². The van der Waals surface area contributed by atoms with Gasteiger partial charge in [0.25, 0.3) is 0 Å². The first kappa shape index (κ1) is 14.3. The summed E-state index contributed by atoms with van der Waals surface area (Å²) in [4.78, 5) is 11.5. The molecule has 0 aromatic heterocycles. The SMILES string of the molecule is COc1ccc(CNC(=O)CC(C)N)cc1OC. The van der Waals surface area contributed by atoms with E-state index in [1.54, 1.807) is 21.1 Å². The molecule has 0 aliphatic heterocycles. The van der Waals surface area contributed by atoms with Crippen molar-refractivity contribution >= 4 is 5.91 Å². The second-order valence-electron chi connectivity index (χ2n) is 4.15. The van der Waals surface area contributed by atoms with E-state index in [9.17, 15) is 4.79 Å². The number of nitrogens with one attached hydrogen (secondary N) is 1. The van der Waals surface area contributed by atoms with Gasteiger partial charge in [0, 0.05) is 19.0 Å². The number of hydrogen-bond acceptors (Lipinski definition) is 4. The standard InChI is InChI=1S/C13H20N2O3/c1-9(14)6-13(16)15-8-10-4-5-11(17-2)12(7-10)18-3/h4-5,7,9H,6,8,14H2,1-3H3,(H,15,16). The third kappa shape index (κ3) is 4.25. The zero-order valence-corrected chi connectivity index (χ0v) is 11.0. The van der Waals surface area contributed by atoms with E-state index < -0.39 is 0 Å². The lowest BCUT2D eigenvalue weighted by molar-refractivity contribution is -0.121. The van der Waals surface area contributed by atoms with Gasteiger partial charge in [-0.1, -0.05) is 6.07 Å². The minimum atomic E-state index is -0.129. The highest BCUT2D eigenvalue weighted by Crippen LogP contribution is 2.27. The molecule has 1 atom stereocenters. The minimum Gasteiger partial charge on any atom is -0.493 e. The molecule has 1 rings (SSSR count). The molecule has 5 heteroatoms. The number of amides is 1. The lowest BCUT2D eigenvalue weighted by Gasteiger charge is -2.11. The van der Waals surface area contributed by atoms with Crippen LogP contribution in [0.25, 0.3) is 0 Å². The predicted molar refractivity (Wildman–Crippen MR) is 69.7 cm³/mol. The van der Waals surface area contributed by atoms with Crippen molar-refractivity contribution in [3.8, 4) is 11.5 Å². The van der Waals surface area contributed by atoms with Crippen molar-refractivity contribution in [2.45, 2.75) is 25.9 Å². The number of carbonyl (C=O) groups excluding carboxylic acids is 1. The third-order valence-corrected chi connectivity index (χ3v) is 2.45. The molecule has 0 heterocycles. The maximum Gasteiger partial charge on any atom is 0.221 e. The lowest BCUT2D eigenvalue weighted by Crippen LogP contribution is -2.29. The number of benzene rings is 1. The Balaban J connectivity index is 2.60. The van der Waals surface area contributed by atoms with Crippen molar-refractivity contribution in [2.75, 3.05) is 14.2 Å². The number of methoxy groups -OCH3 is 2. The lowest BCUT2D eigenvalue weighted by atomic mass is 10.2. The van der Waals surface area contributed by atoms with Crippen molar-refractivity contribution in [3.05, 3.63) is 23.8 Å². The largest absolute Gasteiger partial charge is 0.493 e. The zero-order chi connectivity index (χ0) is 13.5. The first-order valence-corrected chi connectivity index (χ1v) is 5.80. The second-order valence-corrected chi connectivity index (χ2v) is 4.15. The van der Waals surface area contributed by atoms with E-state index in [1.807, 2.05) is 18.2 Å². The summed E-state index contributed by atoms with van der Waals surface area (Å²) in [6.45, 7) is 2.25. The predicted octanol–water partition coefficient (Wildman–Crippen LogP) is 1.06. The van der Waals surface area contributed by atoms with E-state index >= 15 is 0 Å². The van der Waals surface area contributed by atoms with Gasteiger partial charge in [0.05, 0.1) is 14.2 Å². The van der Waals surface area contributed by atoms with Gasteiger partial charge in [0.1, 0.15) is 0 Å². The molecule has 5 nitrogen and oxygen atoms in total. The van der Waals surface area contributed by atoms with Crippen LogP contribution >= 0.6 is 0 Å². The van der Waals surface area contributed by atoms with Crippen molar-refractivity contribution in [1.82, 2.24) is 5.32 Å². The topological polar surface area (TPSA) is 73.6 Å². The third-order valence-electron chi connectivity index (χ3n) is 2.45. The van der Waals surface area contributed by atoms with Gasteiger partial charge in [0.15, 0.2) is 11.5 Å². The van der Waals surface area contributed by atoms with E-state index in [-0.39, 0.29) is 11.9 Å². The van der Waals surface area contributed by atoms with Crippen LogP contribution in [0.3, 0.4) is 0 Å². The van der Waals surface area contributed by atoms with Gasteiger partial charge >= 0.3 is 0 Å². The Morgan fingerprint density at radius 1 is 1.33 bits per heavy atom. The molecular weight excluding hydrogens is 232 g/mol. The van der Waals surface area contributed by atoms with Gasteiger partial charge in [-0.15, -0.1) is 0 Å². The highest BCUT2D eigenvalue weighted by Gasteiger charge is 2.07. The fourth-order valence-corrected chi connectivity index (χ4v) is 1.56. The van der Waals surface area contributed by atoms with E-state index in [1.165, 1.54) is 0 Å². The first-order chi connectivity index (χ1) is 8.56. The molecule has 1 aromatic carbocycles. The summed E-state index contributed by atoms with van der Waals surface area (Å²) in [6, 6.07) is 5.40. The van der Waals surface area contributed by atoms with Crippen molar-refractivity contribution < 1.29 is 14.3 Å². The van der Waals surface area contributed by atoms with Gasteiger partial charge in [-0.2, -0.15) is 0 Å². The van der Waals surface area contributed by atoms with E-state index in [2.05, 4.69) is 5.32 Å². The molecule has 0 saturated carbocycles.